The second-order valence-corrected chi connectivity index (χ2v) is 8.80. The lowest BCUT2D eigenvalue weighted by Crippen LogP contribution is -2.18. The number of unbranched alkanes of at least 4 members (excludes halogenated alkanes) is 1. The van der Waals surface area contributed by atoms with Crippen molar-refractivity contribution in [2.75, 3.05) is 0 Å². The van der Waals surface area contributed by atoms with Gasteiger partial charge in [0.05, 0.1) is 0 Å². The van der Waals surface area contributed by atoms with Crippen molar-refractivity contribution in [3.8, 4) is 0 Å². The van der Waals surface area contributed by atoms with E-state index in [9.17, 15) is 0 Å². The molecule has 0 amide bonds. The van der Waals surface area contributed by atoms with Crippen molar-refractivity contribution >= 4 is 16.9 Å². The van der Waals surface area contributed by atoms with E-state index in [1.807, 2.05) is 38.2 Å². The van der Waals surface area contributed by atoms with Gasteiger partial charge < -0.3 is 5.41 Å². The minimum atomic E-state index is 0.0249. The molecule has 1 aromatic carbocycles. The number of fused-ring (bicyclic) bond motifs is 2. The molecule has 1 aromatic rings. The fraction of sp³-hybridized carbons (Fsp3) is 0.345. The molecule has 2 aliphatic rings. The summed E-state index contributed by atoms with van der Waals surface area (Å²) in [6, 6.07) is 6.74. The van der Waals surface area contributed by atoms with Crippen LogP contribution in [-0.4, -0.2) is 5.71 Å². The molecule has 0 unspecified atom stereocenters. The first-order chi connectivity index (χ1) is 14.4. The third kappa shape index (κ3) is 4.26. The largest absolute Gasteiger partial charge is 0.305 e. The highest BCUT2D eigenvalue weighted by molar-refractivity contribution is 5.97. The van der Waals surface area contributed by atoms with Crippen molar-refractivity contribution in [3.63, 3.8) is 0 Å². The summed E-state index contributed by atoms with van der Waals surface area (Å²) in [5.41, 5.74) is 10.2. The topological polar surface area (TPSA) is 23.9 Å². The Bertz CT molecular complexity index is 989. The molecule has 0 atom stereocenters. The molecule has 0 saturated carbocycles. The second-order valence-electron chi connectivity index (χ2n) is 8.80. The summed E-state index contributed by atoms with van der Waals surface area (Å²) < 4.78 is 0. The van der Waals surface area contributed by atoms with Crippen molar-refractivity contribution in [1.82, 2.24) is 0 Å². The zero-order chi connectivity index (χ0) is 21.7. The Kier molecular flexibility index (Phi) is 6.92. The van der Waals surface area contributed by atoms with E-state index in [0.29, 0.717) is 0 Å². The van der Waals surface area contributed by atoms with E-state index in [1.165, 1.54) is 33.4 Å². The summed E-state index contributed by atoms with van der Waals surface area (Å²) in [7, 11) is 0. The van der Waals surface area contributed by atoms with Crippen LogP contribution in [0.1, 0.15) is 76.5 Å². The number of hydrogen-bond acceptors (Lipinski definition) is 1. The van der Waals surface area contributed by atoms with Crippen LogP contribution in [0.3, 0.4) is 0 Å². The van der Waals surface area contributed by atoms with Crippen LogP contribution in [0.25, 0.3) is 11.1 Å². The van der Waals surface area contributed by atoms with Gasteiger partial charge in [0.25, 0.3) is 0 Å². The van der Waals surface area contributed by atoms with Crippen molar-refractivity contribution in [2.24, 2.45) is 0 Å². The molecule has 0 bridgehead atoms. The molecular weight excluding hydrogens is 362 g/mol. The van der Waals surface area contributed by atoms with Crippen LogP contribution < -0.4 is 0 Å². The standard InChI is InChI=1S/C29H35N/c1-6-8-14-21(3)27(30)20-12-9-15-22(7-2)23-17-13-18-25-24-16-10-11-19-26(24)29(4,5)28(23)25/h6-8,11,13-15,17-19,30H,2,9-10,12,16,20H2,1,3-5H3/b8-6-,21-14+,22-15+,30-27?. The first kappa shape index (κ1) is 22.0. The number of hydrogen-bond donors (Lipinski definition) is 1. The Hall–Kier alpha value is -2.67. The van der Waals surface area contributed by atoms with Gasteiger partial charge in [-0.05, 0) is 84.9 Å². The van der Waals surface area contributed by atoms with Gasteiger partial charge >= 0.3 is 0 Å². The molecule has 0 spiro atoms. The molecule has 156 valence electrons. The van der Waals surface area contributed by atoms with Crippen molar-refractivity contribution < 1.29 is 0 Å². The maximum absolute atomic E-state index is 8.26. The van der Waals surface area contributed by atoms with E-state index in [-0.39, 0.29) is 5.41 Å². The van der Waals surface area contributed by atoms with Crippen LogP contribution in [0.4, 0.5) is 0 Å². The molecule has 3 rings (SSSR count). The maximum atomic E-state index is 8.26. The van der Waals surface area contributed by atoms with Crippen molar-refractivity contribution in [2.45, 2.75) is 65.2 Å². The van der Waals surface area contributed by atoms with Gasteiger partial charge in [-0.25, -0.2) is 0 Å². The molecule has 30 heavy (non-hydrogen) atoms. The van der Waals surface area contributed by atoms with Gasteiger partial charge in [0.1, 0.15) is 0 Å². The molecule has 1 nitrogen and oxygen atoms in total. The molecule has 0 aromatic heterocycles. The molecule has 2 aliphatic carbocycles. The number of rotatable bonds is 8. The van der Waals surface area contributed by atoms with Crippen LogP contribution in [0.2, 0.25) is 0 Å². The highest BCUT2D eigenvalue weighted by Gasteiger charge is 2.38. The van der Waals surface area contributed by atoms with Gasteiger partial charge in [0, 0.05) is 11.1 Å². The lowest BCUT2D eigenvalue weighted by Gasteiger charge is -2.26. The lowest BCUT2D eigenvalue weighted by atomic mass is 9.77. The second kappa shape index (κ2) is 9.43. The normalized spacial score (nSPS) is 18.0. The Balaban J connectivity index is 1.80. The first-order valence-electron chi connectivity index (χ1n) is 11.2. The minimum Gasteiger partial charge on any atom is -0.305 e. The maximum Gasteiger partial charge on any atom is 0.0343 e. The number of allylic oxidation sites excluding steroid dienone is 11. The summed E-state index contributed by atoms with van der Waals surface area (Å²) in [5, 5.41) is 8.26. The van der Waals surface area contributed by atoms with Gasteiger partial charge in [0.2, 0.25) is 0 Å². The molecule has 1 heteroatoms. The Labute approximate surface area is 182 Å². The molecule has 0 radical (unpaired) electrons. The smallest absolute Gasteiger partial charge is 0.0343 e. The average molecular weight is 398 g/mol. The van der Waals surface area contributed by atoms with Crippen molar-refractivity contribution in [1.29, 1.82) is 5.41 Å². The number of nitrogens with one attached hydrogen (secondary N) is 1. The van der Waals surface area contributed by atoms with E-state index in [4.69, 9.17) is 5.41 Å². The molecule has 1 N–H and O–H groups in total. The van der Waals surface area contributed by atoms with Crippen LogP contribution in [-0.2, 0) is 5.41 Å². The quantitative estimate of drug-likeness (QED) is 0.259. The van der Waals surface area contributed by atoms with E-state index in [1.54, 1.807) is 0 Å². The van der Waals surface area contributed by atoms with Crippen LogP contribution >= 0.6 is 0 Å². The van der Waals surface area contributed by atoms with Gasteiger partial charge in [-0.2, -0.15) is 0 Å². The highest BCUT2D eigenvalue weighted by atomic mass is 14.4. The zero-order valence-electron chi connectivity index (χ0n) is 19.0. The van der Waals surface area contributed by atoms with Crippen LogP contribution in [0.5, 0.6) is 0 Å². The van der Waals surface area contributed by atoms with Crippen LogP contribution in [0.15, 0.2) is 78.5 Å². The van der Waals surface area contributed by atoms with E-state index >= 15 is 0 Å². The SMILES string of the molecule is C=C/C(=C\CCCC(=N)/C(C)=C/C=C\C)c1cccc2c1C(C)(C)C1=C2CCC=C1. The summed E-state index contributed by atoms with van der Waals surface area (Å²) in [6.45, 7) is 12.9. The van der Waals surface area contributed by atoms with Gasteiger partial charge in [-0.15, -0.1) is 0 Å². The number of benzene rings is 1. The van der Waals surface area contributed by atoms with Gasteiger partial charge in [-0.3, -0.25) is 0 Å². The highest BCUT2D eigenvalue weighted by Crippen LogP contribution is 2.52. The molecule has 0 fully saturated rings. The summed E-state index contributed by atoms with van der Waals surface area (Å²) in [6.07, 6.45) is 20.0. The van der Waals surface area contributed by atoms with Crippen molar-refractivity contribution in [3.05, 3.63) is 95.1 Å². The van der Waals surface area contributed by atoms with E-state index < -0.39 is 0 Å². The molecule has 0 heterocycles. The fourth-order valence-corrected chi connectivity index (χ4v) is 4.76. The van der Waals surface area contributed by atoms with Gasteiger partial charge in [0.15, 0.2) is 0 Å². The van der Waals surface area contributed by atoms with Crippen LogP contribution in [0, 0.1) is 5.41 Å². The monoisotopic (exact) mass is 397 g/mol. The zero-order valence-corrected chi connectivity index (χ0v) is 19.0. The predicted molar refractivity (Wildman–Crippen MR) is 133 cm³/mol. The average Bonchev–Trinajstić information content (AvgIpc) is 2.99. The van der Waals surface area contributed by atoms with Gasteiger partial charge in [-0.1, -0.05) is 81.2 Å². The fourth-order valence-electron chi connectivity index (χ4n) is 4.76. The third-order valence-electron chi connectivity index (χ3n) is 6.40. The Morgan fingerprint density at radius 2 is 2.07 bits per heavy atom. The summed E-state index contributed by atoms with van der Waals surface area (Å²) in [4.78, 5) is 0. The molecule has 0 aliphatic heterocycles. The first-order valence-corrected chi connectivity index (χ1v) is 11.2. The minimum absolute atomic E-state index is 0.0249. The summed E-state index contributed by atoms with van der Waals surface area (Å²) >= 11 is 0. The van der Waals surface area contributed by atoms with E-state index in [0.717, 1.165) is 43.4 Å². The molecule has 0 saturated heterocycles. The molecular formula is C29H35N. The lowest BCUT2D eigenvalue weighted by molar-refractivity contribution is 0.649. The Morgan fingerprint density at radius 1 is 1.27 bits per heavy atom. The predicted octanol–water partition coefficient (Wildman–Crippen LogP) is 8.36. The Morgan fingerprint density at radius 3 is 2.80 bits per heavy atom. The third-order valence-corrected chi connectivity index (χ3v) is 6.40. The summed E-state index contributed by atoms with van der Waals surface area (Å²) in [5.74, 6) is 0. The van der Waals surface area contributed by atoms with E-state index in [2.05, 4.69) is 56.9 Å².